The fourth-order valence-corrected chi connectivity index (χ4v) is 3.78. The van der Waals surface area contributed by atoms with Crippen LogP contribution in [0.4, 0.5) is 0 Å². The fourth-order valence-electron chi connectivity index (χ4n) is 2.08. The topological polar surface area (TPSA) is 71.8 Å². The zero-order valence-corrected chi connectivity index (χ0v) is 11.4. The van der Waals surface area contributed by atoms with Gasteiger partial charge >= 0.3 is 0 Å². The van der Waals surface area contributed by atoms with Gasteiger partial charge in [-0.1, -0.05) is 0 Å². The van der Waals surface area contributed by atoms with Crippen LogP contribution >= 0.6 is 0 Å². The van der Waals surface area contributed by atoms with Crippen molar-refractivity contribution in [2.45, 2.75) is 24.5 Å². The zero-order chi connectivity index (χ0) is 13.3. The number of morpholine rings is 1. The maximum atomic E-state index is 12.5. The quantitative estimate of drug-likeness (QED) is 0.837. The number of nitrogens with zero attached hydrogens (tertiary/aromatic N) is 2. The average Bonchev–Trinajstić information content (AvgIpc) is 2.71. The van der Waals surface area contributed by atoms with Crippen LogP contribution in [0, 0.1) is 0 Å². The van der Waals surface area contributed by atoms with Crippen LogP contribution in [0.25, 0.3) is 0 Å². The minimum atomic E-state index is -3.50. The second kappa shape index (κ2) is 5.00. The Morgan fingerprint density at radius 2 is 2.28 bits per heavy atom. The van der Waals surface area contributed by atoms with Crippen molar-refractivity contribution >= 4 is 10.0 Å². The van der Waals surface area contributed by atoms with E-state index in [2.05, 4.69) is 0 Å². The molecule has 0 bridgehead atoms. The van der Waals surface area contributed by atoms with E-state index >= 15 is 0 Å². The second-order valence-corrected chi connectivity index (χ2v) is 6.37. The van der Waals surface area contributed by atoms with Crippen molar-refractivity contribution in [1.29, 1.82) is 0 Å². The smallest absolute Gasteiger partial charge is 0.244 e. The molecule has 0 radical (unpaired) electrons. The van der Waals surface area contributed by atoms with Crippen LogP contribution in [0.5, 0.6) is 0 Å². The molecule has 0 aromatic carbocycles. The van der Waals surface area contributed by atoms with Gasteiger partial charge in [0.2, 0.25) is 10.0 Å². The summed E-state index contributed by atoms with van der Waals surface area (Å²) >= 11 is 0. The first-order valence-electron chi connectivity index (χ1n) is 5.82. The van der Waals surface area contributed by atoms with Crippen LogP contribution in [0.1, 0.15) is 12.6 Å². The molecule has 1 aromatic heterocycles. The highest BCUT2D eigenvalue weighted by Gasteiger charge is 2.32. The molecule has 1 unspecified atom stereocenters. The molecule has 0 amide bonds. The summed E-state index contributed by atoms with van der Waals surface area (Å²) in [6.45, 7) is 2.85. The van der Waals surface area contributed by atoms with E-state index in [-0.39, 0.29) is 17.5 Å². The average molecular weight is 274 g/mol. The second-order valence-electron chi connectivity index (χ2n) is 4.48. The summed E-state index contributed by atoms with van der Waals surface area (Å²) in [5.74, 6) is 0. The SMILES string of the molecule is CC1COCCN1S(=O)(=O)c1cc(CO)n(C)c1. The molecule has 1 atom stereocenters. The highest BCUT2D eigenvalue weighted by molar-refractivity contribution is 7.89. The lowest BCUT2D eigenvalue weighted by Gasteiger charge is -2.31. The maximum absolute atomic E-state index is 12.5. The molecule has 1 fully saturated rings. The number of aliphatic hydroxyl groups excluding tert-OH is 1. The molecule has 0 aliphatic carbocycles. The molecule has 2 heterocycles. The fraction of sp³-hybridized carbons (Fsp3) is 0.636. The Hall–Kier alpha value is -0.890. The third-order valence-electron chi connectivity index (χ3n) is 3.16. The summed E-state index contributed by atoms with van der Waals surface area (Å²) in [4.78, 5) is 0.225. The zero-order valence-electron chi connectivity index (χ0n) is 10.5. The van der Waals surface area contributed by atoms with Gasteiger partial charge in [0.25, 0.3) is 0 Å². The molecule has 0 spiro atoms. The Morgan fingerprint density at radius 1 is 1.56 bits per heavy atom. The minimum absolute atomic E-state index is 0.165. The van der Waals surface area contributed by atoms with Gasteiger partial charge in [0, 0.05) is 31.5 Å². The summed E-state index contributed by atoms with van der Waals surface area (Å²) in [5.41, 5.74) is 0.578. The minimum Gasteiger partial charge on any atom is -0.390 e. The Kier molecular flexibility index (Phi) is 3.76. The molecule has 2 rings (SSSR count). The number of sulfonamides is 1. The van der Waals surface area contributed by atoms with E-state index in [1.165, 1.54) is 16.6 Å². The van der Waals surface area contributed by atoms with Crippen LogP contribution in [0.2, 0.25) is 0 Å². The molecule has 102 valence electrons. The predicted octanol–water partition coefficient (Wildman–Crippen LogP) is -0.0732. The third kappa shape index (κ3) is 2.31. The maximum Gasteiger partial charge on any atom is 0.244 e. The Balaban J connectivity index is 2.34. The van der Waals surface area contributed by atoms with Crippen LogP contribution in [0.15, 0.2) is 17.2 Å². The molecule has 1 N–H and O–H groups in total. The lowest BCUT2D eigenvalue weighted by atomic mass is 10.3. The molecular formula is C11H18N2O4S. The number of ether oxygens (including phenoxy) is 1. The summed E-state index contributed by atoms with van der Waals surface area (Å²) in [5, 5.41) is 9.11. The number of aliphatic hydroxyl groups is 1. The monoisotopic (exact) mass is 274 g/mol. The Labute approximate surface area is 107 Å². The first kappa shape index (κ1) is 13.5. The van der Waals surface area contributed by atoms with Gasteiger partial charge in [-0.15, -0.1) is 0 Å². The lowest BCUT2D eigenvalue weighted by molar-refractivity contribution is 0.0393. The number of hydrogen-bond donors (Lipinski definition) is 1. The van der Waals surface area contributed by atoms with Crippen molar-refractivity contribution in [1.82, 2.24) is 8.87 Å². The largest absolute Gasteiger partial charge is 0.390 e. The van der Waals surface area contributed by atoms with E-state index in [1.807, 2.05) is 6.92 Å². The highest BCUT2D eigenvalue weighted by atomic mass is 32.2. The van der Waals surface area contributed by atoms with Crippen molar-refractivity contribution in [3.63, 3.8) is 0 Å². The number of hydrogen-bond acceptors (Lipinski definition) is 4. The van der Waals surface area contributed by atoms with Gasteiger partial charge in [0.15, 0.2) is 0 Å². The lowest BCUT2D eigenvalue weighted by Crippen LogP contribution is -2.46. The van der Waals surface area contributed by atoms with Crippen molar-refractivity contribution in [3.8, 4) is 0 Å². The van der Waals surface area contributed by atoms with Crippen LogP contribution < -0.4 is 0 Å². The Bertz CT molecular complexity index is 523. The molecule has 1 aromatic rings. The number of aryl methyl sites for hydroxylation is 1. The Morgan fingerprint density at radius 3 is 2.83 bits per heavy atom. The van der Waals surface area contributed by atoms with Gasteiger partial charge in [-0.05, 0) is 13.0 Å². The van der Waals surface area contributed by atoms with Gasteiger partial charge in [0.1, 0.15) is 4.90 Å². The molecule has 1 aliphatic rings. The molecule has 1 aliphatic heterocycles. The van der Waals surface area contributed by atoms with E-state index in [4.69, 9.17) is 9.84 Å². The van der Waals surface area contributed by atoms with Gasteiger partial charge in [0.05, 0.1) is 19.8 Å². The van der Waals surface area contributed by atoms with Gasteiger partial charge in [-0.2, -0.15) is 4.31 Å². The molecule has 7 heteroatoms. The van der Waals surface area contributed by atoms with Gasteiger partial charge < -0.3 is 14.4 Å². The van der Waals surface area contributed by atoms with Crippen molar-refractivity contribution in [2.24, 2.45) is 7.05 Å². The number of aromatic nitrogens is 1. The first-order valence-corrected chi connectivity index (χ1v) is 7.26. The van der Waals surface area contributed by atoms with Gasteiger partial charge in [-0.3, -0.25) is 0 Å². The van der Waals surface area contributed by atoms with E-state index in [0.29, 0.717) is 25.5 Å². The molecule has 1 saturated heterocycles. The van der Waals surface area contributed by atoms with E-state index in [9.17, 15) is 8.42 Å². The third-order valence-corrected chi connectivity index (χ3v) is 5.14. The van der Waals surface area contributed by atoms with Crippen LogP contribution in [0.3, 0.4) is 0 Å². The van der Waals surface area contributed by atoms with Crippen LogP contribution in [-0.2, 0) is 28.4 Å². The summed E-state index contributed by atoms with van der Waals surface area (Å²) in [7, 11) is -1.79. The summed E-state index contributed by atoms with van der Waals surface area (Å²) < 4.78 is 33.2. The molecule has 18 heavy (non-hydrogen) atoms. The normalized spacial score (nSPS) is 22.3. The van der Waals surface area contributed by atoms with E-state index in [0.717, 1.165) is 0 Å². The highest BCUT2D eigenvalue weighted by Crippen LogP contribution is 2.22. The van der Waals surface area contributed by atoms with E-state index in [1.54, 1.807) is 11.6 Å². The number of rotatable bonds is 3. The van der Waals surface area contributed by atoms with Crippen molar-refractivity contribution in [3.05, 3.63) is 18.0 Å². The first-order chi connectivity index (χ1) is 8.46. The van der Waals surface area contributed by atoms with Crippen LogP contribution in [-0.4, -0.2) is 48.2 Å². The predicted molar refractivity (Wildman–Crippen MR) is 65.5 cm³/mol. The summed E-state index contributed by atoms with van der Waals surface area (Å²) in [6, 6.07) is 1.35. The van der Waals surface area contributed by atoms with Gasteiger partial charge in [-0.25, -0.2) is 8.42 Å². The van der Waals surface area contributed by atoms with E-state index < -0.39 is 10.0 Å². The molecule has 0 saturated carbocycles. The van der Waals surface area contributed by atoms with Crippen molar-refractivity contribution < 1.29 is 18.3 Å². The standard InChI is InChI=1S/C11H18N2O4S/c1-9-8-17-4-3-13(9)18(15,16)11-5-10(7-14)12(2)6-11/h5-6,9,14H,3-4,7-8H2,1-2H3. The molecule has 6 nitrogen and oxygen atoms in total. The van der Waals surface area contributed by atoms with Crippen molar-refractivity contribution in [2.75, 3.05) is 19.8 Å². The molecular weight excluding hydrogens is 256 g/mol. The summed E-state index contributed by atoms with van der Waals surface area (Å²) in [6.07, 6.45) is 1.53.